The lowest BCUT2D eigenvalue weighted by Crippen LogP contribution is -2.49. The molecule has 0 radical (unpaired) electrons. The summed E-state index contributed by atoms with van der Waals surface area (Å²) in [5.41, 5.74) is 0.407. The highest BCUT2D eigenvalue weighted by Crippen LogP contribution is 2.23. The van der Waals surface area contributed by atoms with Crippen molar-refractivity contribution in [3.63, 3.8) is 0 Å². The maximum atomic E-state index is 12.9. The zero-order valence-electron chi connectivity index (χ0n) is 12.0. The minimum Gasteiger partial charge on any atom is -0.379 e. The van der Waals surface area contributed by atoms with Crippen molar-refractivity contribution in [2.24, 2.45) is 0 Å². The van der Waals surface area contributed by atoms with Gasteiger partial charge in [0.15, 0.2) is 5.65 Å². The average molecular weight is 329 g/mol. The molecule has 3 rings (SSSR count). The van der Waals surface area contributed by atoms with Crippen LogP contribution >= 0.6 is 0 Å². The third kappa shape index (κ3) is 3.58. The van der Waals surface area contributed by atoms with E-state index in [0.717, 1.165) is 4.90 Å². The van der Waals surface area contributed by atoms with Crippen LogP contribution in [0.1, 0.15) is 23.2 Å². The van der Waals surface area contributed by atoms with E-state index in [4.69, 9.17) is 4.74 Å². The molecule has 1 aliphatic rings. The van der Waals surface area contributed by atoms with E-state index in [1.165, 1.54) is 22.8 Å². The van der Waals surface area contributed by atoms with Gasteiger partial charge < -0.3 is 9.64 Å². The highest BCUT2D eigenvalue weighted by molar-refractivity contribution is 5.95. The Morgan fingerprint density at radius 1 is 1.48 bits per heavy atom. The van der Waals surface area contributed by atoms with Gasteiger partial charge in [-0.25, -0.2) is 4.52 Å². The number of alkyl halides is 3. The second kappa shape index (κ2) is 6.11. The summed E-state index contributed by atoms with van der Waals surface area (Å²) < 4.78 is 45.2. The Kier molecular flexibility index (Phi) is 4.16. The van der Waals surface area contributed by atoms with Gasteiger partial charge in [-0.1, -0.05) is 0 Å². The smallest absolute Gasteiger partial charge is 0.379 e. The van der Waals surface area contributed by atoms with Crippen molar-refractivity contribution >= 4 is 11.6 Å². The summed E-state index contributed by atoms with van der Waals surface area (Å²) in [6.45, 7) is -0.700. The van der Waals surface area contributed by atoms with Crippen LogP contribution in [-0.2, 0) is 4.74 Å². The van der Waals surface area contributed by atoms with E-state index in [0.29, 0.717) is 25.1 Å². The molecular weight excluding hydrogens is 315 g/mol. The molecule has 0 saturated carbocycles. The van der Waals surface area contributed by atoms with Gasteiger partial charge in [0.1, 0.15) is 6.54 Å². The second-order valence-corrected chi connectivity index (χ2v) is 5.32. The summed E-state index contributed by atoms with van der Waals surface area (Å²) in [6, 6.07) is 2.18. The van der Waals surface area contributed by atoms with E-state index in [2.05, 4.69) is 15.5 Å². The Bertz CT molecular complexity index is 696. The number of amides is 1. The first-order valence-electron chi connectivity index (χ1n) is 7.07. The van der Waals surface area contributed by atoms with Crippen LogP contribution in [0.2, 0.25) is 0 Å². The molecule has 124 valence electrons. The van der Waals surface area contributed by atoms with Crippen LogP contribution < -0.4 is 0 Å². The van der Waals surface area contributed by atoms with Crippen molar-refractivity contribution in [3.05, 3.63) is 23.9 Å². The van der Waals surface area contributed by atoms with E-state index in [1.807, 2.05) is 0 Å². The van der Waals surface area contributed by atoms with Gasteiger partial charge in [-0.2, -0.15) is 13.2 Å². The molecule has 23 heavy (non-hydrogen) atoms. The summed E-state index contributed by atoms with van der Waals surface area (Å²) >= 11 is 0. The molecule has 0 aliphatic carbocycles. The predicted molar refractivity (Wildman–Crippen MR) is 71.7 cm³/mol. The van der Waals surface area contributed by atoms with Crippen molar-refractivity contribution in [3.8, 4) is 0 Å². The molecule has 1 unspecified atom stereocenters. The van der Waals surface area contributed by atoms with Gasteiger partial charge in [0.2, 0.25) is 0 Å². The first kappa shape index (κ1) is 15.7. The highest BCUT2D eigenvalue weighted by Gasteiger charge is 2.37. The van der Waals surface area contributed by atoms with Gasteiger partial charge >= 0.3 is 6.18 Å². The fraction of sp³-hybridized carbons (Fsp3) is 0.538. The zero-order valence-corrected chi connectivity index (χ0v) is 12.0. The van der Waals surface area contributed by atoms with Crippen molar-refractivity contribution in [1.82, 2.24) is 24.9 Å². The van der Waals surface area contributed by atoms with E-state index in [-0.39, 0.29) is 12.2 Å². The quantitative estimate of drug-likeness (QED) is 0.849. The standard InChI is InChI=1S/C13H14F3N5O2/c14-13(15,16)8-20(10-2-1-5-23-7-10)12(22)9-3-4-21-11(6-9)17-18-19-21/h3-4,6,10H,1-2,5,7-8H2. The maximum Gasteiger partial charge on any atom is 0.406 e. The van der Waals surface area contributed by atoms with Crippen LogP contribution in [0.3, 0.4) is 0 Å². The third-order valence-electron chi connectivity index (χ3n) is 3.63. The first-order valence-corrected chi connectivity index (χ1v) is 7.07. The van der Waals surface area contributed by atoms with Crippen LogP contribution in [0.25, 0.3) is 5.65 Å². The van der Waals surface area contributed by atoms with E-state index in [1.54, 1.807) is 0 Å². The Morgan fingerprint density at radius 2 is 2.30 bits per heavy atom. The Morgan fingerprint density at radius 3 is 3.00 bits per heavy atom. The normalized spacial score (nSPS) is 19.0. The number of pyridine rings is 1. The number of hydrogen-bond donors (Lipinski definition) is 0. The van der Waals surface area contributed by atoms with Gasteiger partial charge in [0.05, 0.1) is 12.6 Å². The molecule has 7 nitrogen and oxygen atoms in total. The SMILES string of the molecule is O=C(c1ccn2nnnc2c1)N(CC(F)(F)F)C1CCCOC1. The number of fused-ring (bicyclic) bond motifs is 1. The Hall–Kier alpha value is -2.23. The van der Waals surface area contributed by atoms with E-state index >= 15 is 0 Å². The van der Waals surface area contributed by atoms with Gasteiger partial charge in [0.25, 0.3) is 5.91 Å². The number of aromatic nitrogens is 4. The molecule has 1 aliphatic heterocycles. The Labute approximate surface area is 129 Å². The number of carbonyl (C=O) groups is 1. The van der Waals surface area contributed by atoms with Crippen molar-refractivity contribution in [2.75, 3.05) is 19.8 Å². The van der Waals surface area contributed by atoms with Gasteiger partial charge in [-0.05, 0) is 35.4 Å². The molecule has 0 spiro atoms. The highest BCUT2D eigenvalue weighted by atomic mass is 19.4. The predicted octanol–water partition coefficient (Wildman–Crippen LogP) is 1.31. The van der Waals surface area contributed by atoms with Gasteiger partial charge in [-0.3, -0.25) is 4.79 Å². The molecule has 1 fully saturated rings. The van der Waals surface area contributed by atoms with Crippen LogP contribution in [0.15, 0.2) is 18.3 Å². The number of nitrogens with zero attached hydrogens (tertiary/aromatic N) is 5. The number of hydrogen-bond acceptors (Lipinski definition) is 5. The Balaban J connectivity index is 1.88. The molecule has 3 heterocycles. The topological polar surface area (TPSA) is 72.6 Å². The summed E-state index contributed by atoms with van der Waals surface area (Å²) in [5, 5.41) is 10.8. The van der Waals surface area contributed by atoms with Crippen molar-refractivity contribution in [2.45, 2.75) is 25.1 Å². The lowest BCUT2D eigenvalue weighted by atomic mass is 10.1. The first-order chi connectivity index (χ1) is 10.9. The van der Waals surface area contributed by atoms with Crippen LogP contribution in [-0.4, -0.2) is 62.8 Å². The number of rotatable bonds is 3. The second-order valence-electron chi connectivity index (χ2n) is 5.32. The zero-order chi connectivity index (χ0) is 16.4. The number of carbonyl (C=O) groups excluding carboxylic acids is 1. The molecule has 0 aromatic carbocycles. The lowest BCUT2D eigenvalue weighted by Gasteiger charge is -2.34. The fourth-order valence-corrected chi connectivity index (χ4v) is 2.57. The molecule has 10 heteroatoms. The number of halogens is 3. The summed E-state index contributed by atoms with van der Waals surface area (Å²) in [6.07, 6.45) is -1.94. The van der Waals surface area contributed by atoms with Crippen molar-refractivity contribution in [1.29, 1.82) is 0 Å². The summed E-state index contributed by atoms with van der Waals surface area (Å²) in [4.78, 5) is 13.4. The molecular formula is C13H14F3N5O2. The molecule has 0 bridgehead atoms. The molecule has 1 saturated heterocycles. The monoisotopic (exact) mass is 329 g/mol. The van der Waals surface area contributed by atoms with E-state index < -0.39 is 24.7 Å². The summed E-state index contributed by atoms with van der Waals surface area (Å²) in [5.74, 6) is -0.705. The van der Waals surface area contributed by atoms with E-state index in [9.17, 15) is 18.0 Å². The fourth-order valence-electron chi connectivity index (χ4n) is 2.57. The minimum absolute atomic E-state index is 0.108. The third-order valence-corrected chi connectivity index (χ3v) is 3.63. The van der Waals surface area contributed by atoms with Crippen LogP contribution in [0, 0.1) is 0 Å². The van der Waals surface area contributed by atoms with Crippen molar-refractivity contribution < 1.29 is 22.7 Å². The maximum absolute atomic E-state index is 12.9. The van der Waals surface area contributed by atoms with Crippen LogP contribution in [0.4, 0.5) is 13.2 Å². The van der Waals surface area contributed by atoms with Gasteiger partial charge in [0, 0.05) is 18.4 Å². The summed E-state index contributed by atoms with van der Waals surface area (Å²) in [7, 11) is 0. The molecule has 2 aromatic rings. The van der Waals surface area contributed by atoms with Crippen LogP contribution in [0.5, 0.6) is 0 Å². The molecule has 1 atom stereocenters. The molecule has 1 amide bonds. The minimum atomic E-state index is -4.48. The number of ether oxygens (including phenoxy) is 1. The van der Waals surface area contributed by atoms with Gasteiger partial charge in [-0.15, -0.1) is 5.10 Å². The molecule has 0 N–H and O–H groups in total. The molecule has 2 aromatic heterocycles. The largest absolute Gasteiger partial charge is 0.406 e. The average Bonchev–Trinajstić information content (AvgIpc) is 2.99. The lowest BCUT2D eigenvalue weighted by molar-refractivity contribution is -0.148. The number of tetrazole rings is 1.